The van der Waals surface area contributed by atoms with Gasteiger partial charge in [-0.1, -0.05) is 6.08 Å². The van der Waals surface area contributed by atoms with E-state index >= 15 is 0 Å². The molecule has 0 atom stereocenters. The average Bonchev–Trinajstić information content (AvgIpc) is 2.70. The summed E-state index contributed by atoms with van der Waals surface area (Å²) >= 11 is 0. The van der Waals surface area contributed by atoms with Gasteiger partial charge in [0.05, 0.1) is 11.1 Å². The van der Waals surface area contributed by atoms with Gasteiger partial charge in [-0.3, -0.25) is 14.4 Å². The van der Waals surface area contributed by atoms with Gasteiger partial charge >= 0.3 is 0 Å². The number of hydrogen-bond acceptors (Lipinski definition) is 4. The Labute approximate surface area is 104 Å². The Morgan fingerprint density at radius 2 is 2.11 bits per heavy atom. The normalized spacial score (nSPS) is 13.9. The maximum absolute atomic E-state index is 11.8. The van der Waals surface area contributed by atoms with Crippen molar-refractivity contribution < 1.29 is 19.5 Å². The Kier molecular flexibility index (Phi) is 3.10. The standard InChI is InChI=1S/C14H12O4/c1-2-3-12(16)10-6-9-8(4-5-13(9)17)11(7-15)14(10)18/h2-3,6-7,18H,4-5H2,1H3/b3-2-. The third kappa shape index (κ3) is 1.76. The molecule has 0 bridgehead atoms. The van der Waals surface area contributed by atoms with E-state index in [1.807, 2.05) is 0 Å². The van der Waals surface area contributed by atoms with Crippen LogP contribution < -0.4 is 0 Å². The summed E-state index contributed by atoms with van der Waals surface area (Å²) in [7, 11) is 0. The van der Waals surface area contributed by atoms with Gasteiger partial charge < -0.3 is 5.11 Å². The molecule has 1 N–H and O–H groups in total. The summed E-state index contributed by atoms with van der Waals surface area (Å²) < 4.78 is 0. The third-order valence-corrected chi connectivity index (χ3v) is 3.05. The Morgan fingerprint density at radius 3 is 2.72 bits per heavy atom. The molecule has 1 aromatic carbocycles. The highest BCUT2D eigenvalue weighted by molar-refractivity contribution is 6.12. The molecule has 0 fully saturated rings. The molecule has 0 spiro atoms. The summed E-state index contributed by atoms with van der Waals surface area (Å²) in [4.78, 5) is 34.4. The first-order valence-corrected chi connectivity index (χ1v) is 5.64. The van der Waals surface area contributed by atoms with E-state index < -0.39 is 5.78 Å². The number of aromatic hydroxyl groups is 1. The van der Waals surface area contributed by atoms with Crippen molar-refractivity contribution in [3.05, 3.63) is 40.5 Å². The highest BCUT2D eigenvalue weighted by Gasteiger charge is 2.27. The number of carbonyl (C=O) groups is 3. The van der Waals surface area contributed by atoms with E-state index in [0.29, 0.717) is 30.3 Å². The zero-order valence-electron chi connectivity index (χ0n) is 9.90. The summed E-state index contributed by atoms with van der Waals surface area (Å²) in [5.41, 5.74) is 0.989. The smallest absolute Gasteiger partial charge is 0.189 e. The van der Waals surface area contributed by atoms with Crippen LogP contribution in [0.5, 0.6) is 5.75 Å². The van der Waals surface area contributed by atoms with Gasteiger partial charge in [-0.2, -0.15) is 0 Å². The second-order valence-corrected chi connectivity index (χ2v) is 4.12. The van der Waals surface area contributed by atoms with E-state index in [9.17, 15) is 19.5 Å². The Hall–Kier alpha value is -2.23. The van der Waals surface area contributed by atoms with E-state index in [4.69, 9.17) is 0 Å². The lowest BCUT2D eigenvalue weighted by molar-refractivity contribution is 0.0994. The van der Waals surface area contributed by atoms with Crippen LogP contribution >= 0.6 is 0 Å². The number of ketones is 2. The molecule has 0 amide bonds. The van der Waals surface area contributed by atoms with Crippen LogP contribution in [0.4, 0.5) is 0 Å². The number of carbonyl (C=O) groups excluding carboxylic acids is 3. The van der Waals surface area contributed by atoms with Gasteiger partial charge in [0.15, 0.2) is 17.9 Å². The number of aldehydes is 1. The predicted molar refractivity (Wildman–Crippen MR) is 65.3 cm³/mol. The number of hydrogen-bond donors (Lipinski definition) is 1. The van der Waals surface area contributed by atoms with E-state index in [0.717, 1.165) is 0 Å². The first-order chi connectivity index (χ1) is 8.60. The Morgan fingerprint density at radius 1 is 1.39 bits per heavy atom. The molecule has 0 aliphatic heterocycles. The monoisotopic (exact) mass is 244 g/mol. The van der Waals surface area contributed by atoms with Crippen molar-refractivity contribution in [2.45, 2.75) is 19.8 Å². The minimum absolute atomic E-state index is 0.00389. The molecule has 0 saturated heterocycles. The van der Waals surface area contributed by atoms with Gasteiger partial charge in [0.2, 0.25) is 0 Å². The first-order valence-electron chi connectivity index (χ1n) is 5.64. The zero-order valence-corrected chi connectivity index (χ0v) is 9.90. The molecule has 2 rings (SSSR count). The molecule has 1 aliphatic rings. The van der Waals surface area contributed by atoms with Crippen molar-refractivity contribution in [1.29, 1.82) is 0 Å². The number of rotatable bonds is 3. The van der Waals surface area contributed by atoms with Crippen molar-refractivity contribution in [2.24, 2.45) is 0 Å². The van der Waals surface area contributed by atoms with E-state index in [2.05, 4.69) is 0 Å². The topological polar surface area (TPSA) is 71.4 Å². The second kappa shape index (κ2) is 4.56. The predicted octanol–water partition coefficient (Wildman–Crippen LogP) is 2.09. The van der Waals surface area contributed by atoms with Crippen LogP contribution in [0.2, 0.25) is 0 Å². The largest absolute Gasteiger partial charge is 0.506 e. The van der Waals surface area contributed by atoms with Crippen LogP contribution in [0.25, 0.3) is 0 Å². The Bertz CT molecular complexity index is 582. The highest BCUT2D eigenvalue weighted by Crippen LogP contribution is 2.33. The lowest BCUT2D eigenvalue weighted by Crippen LogP contribution is -2.03. The molecular formula is C14H12O4. The molecular weight excluding hydrogens is 232 g/mol. The average molecular weight is 244 g/mol. The summed E-state index contributed by atoms with van der Waals surface area (Å²) in [6.07, 6.45) is 4.08. The number of phenols is 1. The molecule has 92 valence electrons. The van der Waals surface area contributed by atoms with Crippen LogP contribution in [-0.2, 0) is 6.42 Å². The SMILES string of the molecule is C/C=C\C(=O)c1cc2c(c(C=O)c1O)CCC2=O. The van der Waals surface area contributed by atoms with Gasteiger partial charge in [0.25, 0.3) is 0 Å². The number of fused-ring (bicyclic) bond motifs is 1. The number of allylic oxidation sites excluding steroid dienone is 2. The van der Waals surface area contributed by atoms with E-state index in [1.165, 1.54) is 18.2 Å². The molecule has 0 radical (unpaired) electrons. The maximum Gasteiger partial charge on any atom is 0.189 e. The van der Waals surface area contributed by atoms with Crippen LogP contribution in [0.1, 0.15) is 50.0 Å². The Balaban J connectivity index is 2.70. The van der Waals surface area contributed by atoms with Crippen LogP contribution in [0.3, 0.4) is 0 Å². The minimum atomic E-state index is -0.416. The summed E-state index contributed by atoms with van der Waals surface area (Å²) in [5, 5.41) is 9.94. The van der Waals surface area contributed by atoms with Gasteiger partial charge in [-0.05, 0) is 31.1 Å². The van der Waals surface area contributed by atoms with E-state index in [-0.39, 0.29) is 22.7 Å². The summed E-state index contributed by atoms with van der Waals surface area (Å²) in [5.74, 6) is -0.843. The molecule has 4 heteroatoms. The molecule has 0 aromatic heterocycles. The fraction of sp³-hybridized carbons (Fsp3) is 0.214. The number of benzene rings is 1. The molecule has 1 aromatic rings. The summed E-state index contributed by atoms with van der Waals surface area (Å²) in [6, 6.07) is 1.38. The number of phenolic OH excluding ortho intramolecular Hbond substituents is 1. The van der Waals surface area contributed by atoms with Crippen molar-refractivity contribution in [3.8, 4) is 5.75 Å². The maximum atomic E-state index is 11.8. The fourth-order valence-corrected chi connectivity index (χ4v) is 2.18. The van der Waals surface area contributed by atoms with Gasteiger partial charge in [-0.15, -0.1) is 0 Å². The molecule has 0 unspecified atom stereocenters. The van der Waals surface area contributed by atoms with Crippen molar-refractivity contribution in [3.63, 3.8) is 0 Å². The quantitative estimate of drug-likeness (QED) is 0.502. The van der Waals surface area contributed by atoms with Crippen LogP contribution in [-0.4, -0.2) is 23.0 Å². The van der Waals surface area contributed by atoms with Crippen LogP contribution in [0.15, 0.2) is 18.2 Å². The van der Waals surface area contributed by atoms with Gasteiger partial charge in [0, 0.05) is 12.0 Å². The second-order valence-electron chi connectivity index (χ2n) is 4.12. The fourth-order valence-electron chi connectivity index (χ4n) is 2.18. The van der Waals surface area contributed by atoms with E-state index in [1.54, 1.807) is 6.92 Å². The zero-order chi connectivity index (χ0) is 13.3. The lowest BCUT2D eigenvalue weighted by Gasteiger charge is -2.08. The molecule has 0 saturated carbocycles. The number of Topliss-reactive ketones (excluding diaryl/α,β-unsaturated/α-hetero) is 1. The van der Waals surface area contributed by atoms with Crippen molar-refractivity contribution in [2.75, 3.05) is 0 Å². The highest BCUT2D eigenvalue weighted by atomic mass is 16.3. The molecule has 1 aliphatic carbocycles. The molecule has 0 heterocycles. The molecule has 18 heavy (non-hydrogen) atoms. The van der Waals surface area contributed by atoms with Gasteiger partial charge in [-0.25, -0.2) is 0 Å². The van der Waals surface area contributed by atoms with Crippen LogP contribution in [0, 0.1) is 0 Å². The first kappa shape index (κ1) is 12.2. The van der Waals surface area contributed by atoms with Crippen molar-refractivity contribution in [1.82, 2.24) is 0 Å². The molecule has 4 nitrogen and oxygen atoms in total. The van der Waals surface area contributed by atoms with Gasteiger partial charge in [0.1, 0.15) is 5.75 Å². The summed E-state index contributed by atoms with van der Waals surface area (Å²) in [6.45, 7) is 1.67. The minimum Gasteiger partial charge on any atom is -0.506 e. The van der Waals surface area contributed by atoms with Crippen molar-refractivity contribution >= 4 is 17.9 Å². The third-order valence-electron chi connectivity index (χ3n) is 3.05. The lowest BCUT2D eigenvalue weighted by atomic mass is 9.96.